The molecule has 2 N–H and O–H groups in total. The summed E-state index contributed by atoms with van der Waals surface area (Å²) >= 11 is 6.29. The van der Waals surface area contributed by atoms with Gasteiger partial charge in [-0.2, -0.15) is 9.90 Å². The van der Waals surface area contributed by atoms with Crippen LogP contribution < -0.4 is 10.6 Å². The van der Waals surface area contributed by atoms with Crippen LogP contribution >= 0.6 is 11.6 Å². The van der Waals surface area contributed by atoms with Crippen LogP contribution in [-0.4, -0.2) is 48.8 Å². The summed E-state index contributed by atoms with van der Waals surface area (Å²) in [6.45, 7) is 1.66. The number of aromatic nitrogens is 6. The van der Waals surface area contributed by atoms with Gasteiger partial charge in [-0.3, -0.25) is 4.79 Å². The van der Waals surface area contributed by atoms with Crippen molar-refractivity contribution in [2.24, 2.45) is 0 Å². The van der Waals surface area contributed by atoms with Crippen LogP contribution in [-0.2, 0) is 0 Å². The van der Waals surface area contributed by atoms with Gasteiger partial charge in [0.1, 0.15) is 0 Å². The van der Waals surface area contributed by atoms with Gasteiger partial charge in [0.25, 0.3) is 5.91 Å². The molecule has 0 atom stereocenters. The number of fused-ring (bicyclic) bond motifs is 1. The number of hydrogen-bond acceptors (Lipinski definition) is 6. The second-order valence-electron chi connectivity index (χ2n) is 6.48. The molecular formula is C18H15ClN8O. The molecule has 0 bridgehead atoms. The van der Waals surface area contributed by atoms with Gasteiger partial charge in [0.2, 0.25) is 5.82 Å². The fraction of sp³-hybridized carbons (Fsp3) is 0.167. The Morgan fingerprint density at radius 1 is 1.25 bits per heavy atom. The molecule has 4 aromatic rings. The van der Waals surface area contributed by atoms with E-state index in [1.54, 1.807) is 33.7 Å². The van der Waals surface area contributed by atoms with Crippen molar-refractivity contribution in [3.8, 4) is 11.4 Å². The van der Waals surface area contributed by atoms with Crippen molar-refractivity contribution < 1.29 is 4.79 Å². The zero-order chi connectivity index (χ0) is 19.1. The fourth-order valence-electron chi connectivity index (χ4n) is 2.99. The van der Waals surface area contributed by atoms with Crippen LogP contribution in [0.1, 0.15) is 16.4 Å². The molecule has 0 spiro atoms. The van der Waals surface area contributed by atoms with E-state index in [1.807, 2.05) is 18.2 Å². The van der Waals surface area contributed by atoms with E-state index in [9.17, 15) is 4.79 Å². The average molecular weight is 395 g/mol. The molecule has 1 fully saturated rings. The van der Waals surface area contributed by atoms with Gasteiger partial charge in [-0.25, -0.2) is 4.52 Å². The maximum Gasteiger partial charge on any atom is 0.259 e. The van der Waals surface area contributed by atoms with Gasteiger partial charge in [0, 0.05) is 24.8 Å². The lowest BCUT2D eigenvalue weighted by Gasteiger charge is -2.24. The Bertz CT molecular complexity index is 1180. The van der Waals surface area contributed by atoms with E-state index >= 15 is 0 Å². The summed E-state index contributed by atoms with van der Waals surface area (Å²) in [5, 5.41) is 23.3. The van der Waals surface area contributed by atoms with Crippen molar-refractivity contribution in [1.29, 1.82) is 0 Å². The lowest BCUT2D eigenvalue weighted by Crippen LogP contribution is -2.44. The first-order valence-electron chi connectivity index (χ1n) is 8.73. The minimum Gasteiger partial charge on any atom is -0.320 e. The smallest absolute Gasteiger partial charge is 0.259 e. The number of carbonyl (C=O) groups excluding carboxylic acids is 1. The summed E-state index contributed by atoms with van der Waals surface area (Å²) < 4.78 is 1.64. The number of amides is 1. The van der Waals surface area contributed by atoms with Crippen LogP contribution in [0.3, 0.4) is 0 Å². The predicted octanol–water partition coefficient (Wildman–Crippen LogP) is 2.04. The second kappa shape index (κ2) is 6.70. The van der Waals surface area contributed by atoms with Crippen molar-refractivity contribution in [2.75, 3.05) is 18.4 Å². The van der Waals surface area contributed by atoms with E-state index in [1.165, 1.54) is 6.20 Å². The highest BCUT2D eigenvalue weighted by molar-refractivity contribution is 6.34. The van der Waals surface area contributed by atoms with E-state index in [2.05, 4.69) is 31.1 Å². The van der Waals surface area contributed by atoms with E-state index < -0.39 is 0 Å². The summed E-state index contributed by atoms with van der Waals surface area (Å²) in [5.74, 6) is 0.187. The van der Waals surface area contributed by atoms with Crippen molar-refractivity contribution in [1.82, 2.24) is 35.1 Å². The standard InChI is InChI=1S/C18H15ClN8O/c19-14-5-4-11(17-23-25-27(24-17)12-8-20-9-12)7-15(14)22-18(28)13-10-21-26-6-2-1-3-16(13)26/h1-7,10,12,20H,8-9H2,(H,22,28). The van der Waals surface area contributed by atoms with Crippen molar-refractivity contribution in [3.05, 3.63) is 59.4 Å². The summed E-state index contributed by atoms with van der Waals surface area (Å²) in [7, 11) is 0. The number of hydrogen-bond donors (Lipinski definition) is 2. The number of rotatable bonds is 4. The third kappa shape index (κ3) is 2.90. The summed E-state index contributed by atoms with van der Waals surface area (Å²) in [4.78, 5) is 14.4. The van der Waals surface area contributed by atoms with Gasteiger partial charge in [-0.1, -0.05) is 17.7 Å². The van der Waals surface area contributed by atoms with E-state index in [-0.39, 0.29) is 11.9 Å². The van der Waals surface area contributed by atoms with Gasteiger partial charge >= 0.3 is 0 Å². The van der Waals surface area contributed by atoms with Gasteiger partial charge < -0.3 is 10.6 Å². The second-order valence-corrected chi connectivity index (χ2v) is 6.89. The highest BCUT2D eigenvalue weighted by Gasteiger charge is 2.22. The Kier molecular flexibility index (Phi) is 4.03. The zero-order valence-electron chi connectivity index (χ0n) is 14.6. The number of halogens is 1. The number of tetrazole rings is 1. The number of carbonyl (C=O) groups is 1. The summed E-state index contributed by atoms with van der Waals surface area (Å²) in [5.41, 5.74) is 2.37. The molecule has 0 unspecified atom stereocenters. The Morgan fingerprint density at radius 2 is 2.14 bits per heavy atom. The molecule has 5 rings (SSSR count). The molecule has 0 radical (unpaired) electrons. The summed E-state index contributed by atoms with van der Waals surface area (Å²) in [6, 6.07) is 11.0. The molecule has 1 aliphatic heterocycles. The molecule has 28 heavy (non-hydrogen) atoms. The number of benzene rings is 1. The molecule has 1 amide bonds. The molecule has 4 heterocycles. The number of pyridine rings is 1. The highest BCUT2D eigenvalue weighted by atomic mass is 35.5. The Morgan fingerprint density at radius 3 is 2.96 bits per heavy atom. The van der Waals surface area contributed by atoms with Crippen LogP contribution in [0.25, 0.3) is 16.9 Å². The van der Waals surface area contributed by atoms with Crippen molar-refractivity contribution >= 4 is 28.7 Å². The minimum atomic E-state index is -0.294. The number of nitrogens with one attached hydrogen (secondary N) is 2. The maximum atomic E-state index is 12.8. The van der Waals surface area contributed by atoms with Crippen LogP contribution in [0.4, 0.5) is 5.69 Å². The first kappa shape index (κ1) is 16.8. The van der Waals surface area contributed by atoms with Crippen LogP contribution in [0.5, 0.6) is 0 Å². The molecule has 0 saturated carbocycles. The molecule has 1 aromatic carbocycles. The fourth-order valence-corrected chi connectivity index (χ4v) is 3.16. The number of anilines is 1. The zero-order valence-corrected chi connectivity index (χ0v) is 15.3. The average Bonchev–Trinajstić information content (AvgIpc) is 3.29. The van der Waals surface area contributed by atoms with Gasteiger partial charge in [-0.15, -0.1) is 10.2 Å². The Labute approximate surface area is 164 Å². The van der Waals surface area contributed by atoms with Crippen LogP contribution in [0.2, 0.25) is 5.02 Å². The van der Waals surface area contributed by atoms with Crippen molar-refractivity contribution in [3.63, 3.8) is 0 Å². The highest BCUT2D eigenvalue weighted by Crippen LogP contribution is 2.28. The predicted molar refractivity (Wildman–Crippen MR) is 103 cm³/mol. The molecule has 140 valence electrons. The van der Waals surface area contributed by atoms with Crippen molar-refractivity contribution in [2.45, 2.75) is 6.04 Å². The maximum absolute atomic E-state index is 12.8. The first-order chi connectivity index (χ1) is 13.7. The lowest BCUT2D eigenvalue weighted by atomic mass is 10.1. The lowest BCUT2D eigenvalue weighted by molar-refractivity contribution is 0.102. The molecule has 10 heteroatoms. The molecule has 9 nitrogen and oxygen atoms in total. The Hall–Kier alpha value is -3.30. The molecule has 1 aliphatic rings. The van der Waals surface area contributed by atoms with Crippen LogP contribution in [0, 0.1) is 0 Å². The Balaban J connectivity index is 1.43. The van der Waals surface area contributed by atoms with Gasteiger partial charge in [0.15, 0.2) is 0 Å². The van der Waals surface area contributed by atoms with E-state index in [4.69, 9.17) is 11.6 Å². The first-order valence-corrected chi connectivity index (χ1v) is 9.11. The third-order valence-corrected chi connectivity index (χ3v) is 4.99. The molecule has 0 aliphatic carbocycles. The third-order valence-electron chi connectivity index (χ3n) is 4.66. The number of nitrogens with zero attached hydrogens (tertiary/aromatic N) is 6. The molecule has 3 aromatic heterocycles. The van der Waals surface area contributed by atoms with Gasteiger partial charge in [0.05, 0.1) is 34.0 Å². The molecule has 1 saturated heterocycles. The summed E-state index contributed by atoms with van der Waals surface area (Å²) in [6.07, 6.45) is 3.31. The largest absolute Gasteiger partial charge is 0.320 e. The molecular weight excluding hydrogens is 380 g/mol. The van der Waals surface area contributed by atoms with E-state index in [0.717, 1.165) is 18.7 Å². The van der Waals surface area contributed by atoms with Gasteiger partial charge in [-0.05, 0) is 35.5 Å². The minimum absolute atomic E-state index is 0.225. The normalized spacial score (nSPS) is 14.2. The quantitative estimate of drug-likeness (QED) is 0.549. The van der Waals surface area contributed by atoms with E-state index in [0.29, 0.717) is 27.6 Å². The monoisotopic (exact) mass is 394 g/mol. The topological polar surface area (TPSA) is 102 Å². The van der Waals surface area contributed by atoms with Crippen LogP contribution in [0.15, 0.2) is 48.8 Å². The SMILES string of the molecule is O=C(Nc1cc(-c2nnn(C3CNC3)n2)ccc1Cl)c1cnn2ccccc12.